The number of aromatic carboxylic acids is 1. The van der Waals surface area contributed by atoms with Crippen LogP contribution in [0.5, 0.6) is 0 Å². The number of hydrogen-bond donors (Lipinski definition) is 1. The molecule has 1 heterocycles. The van der Waals surface area contributed by atoms with Gasteiger partial charge in [0, 0.05) is 0 Å². The van der Waals surface area contributed by atoms with Crippen molar-refractivity contribution in [1.82, 2.24) is 9.97 Å². The average Bonchev–Trinajstić information content (AvgIpc) is 2.27. The molecular formula is C15H18N2O2. The molecule has 4 nitrogen and oxygen atoms in total. The molecule has 0 aliphatic rings. The largest absolute Gasteiger partial charge is 0.478 e. The fraction of sp³-hybridized carbons (Fsp3) is 0.400. The van der Waals surface area contributed by atoms with E-state index in [0.29, 0.717) is 11.0 Å². The van der Waals surface area contributed by atoms with E-state index in [-0.39, 0.29) is 11.0 Å². The molecule has 0 aliphatic heterocycles. The number of benzene rings is 1. The first-order valence-electron chi connectivity index (χ1n) is 6.23. The molecule has 0 spiro atoms. The average molecular weight is 258 g/mol. The summed E-state index contributed by atoms with van der Waals surface area (Å²) in [5.41, 5.74) is 3.88. The maximum absolute atomic E-state index is 11.3. The van der Waals surface area contributed by atoms with Gasteiger partial charge in [-0.3, -0.25) is 0 Å². The molecule has 2 rings (SSSR count). The molecule has 2 aromatic rings. The lowest BCUT2D eigenvalue weighted by Crippen LogP contribution is -2.14. The summed E-state index contributed by atoms with van der Waals surface area (Å²) in [7, 11) is 0. The summed E-state index contributed by atoms with van der Waals surface area (Å²) in [6.45, 7) is 9.98. The van der Waals surface area contributed by atoms with Crippen molar-refractivity contribution in [1.29, 1.82) is 0 Å². The highest BCUT2D eigenvalue weighted by atomic mass is 16.4. The molecule has 0 radical (unpaired) electrons. The normalized spacial score (nSPS) is 11.8. The number of carboxylic acids is 1. The Morgan fingerprint density at radius 2 is 1.58 bits per heavy atom. The fourth-order valence-corrected chi connectivity index (χ4v) is 2.08. The van der Waals surface area contributed by atoms with Crippen LogP contribution in [0.3, 0.4) is 0 Å². The molecule has 0 atom stereocenters. The molecule has 19 heavy (non-hydrogen) atoms. The van der Waals surface area contributed by atoms with Gasteiger partial charge in [0.25, 0.3) is 0 Å². The third-order valence-corrected chi connectivity index (χ3v) is 3.27. The quantitative estimate of drug-likeness (QED) is 0.852. The zero-order valence-corrected chi connectivity index (χ0v) is 11.9. The Bertz CT molecular complexity index is 670. The molecule has 1 aromatic carbocycles. The van der Waals surface area contributed by atoms with Crippen molar-refractivity contribution in [3.8, 4) is 0 Å². The van der Waals surface area contributed by atoms with Crippen molar-refractivity contribution in [3.05, 3.63) is 34.6 Å². The molecule has 0 saturated carbocycles. The molecule has 100 valence electrons. The summed E-state index contributed by atoms with van der Waals surface area (Å²) < 4.78 is 0. The Morgan fingerprint density at radius 1 is 1.05 bits per heavy atom. The van der Waals surface area contributed by atoms with Crippen molar-refractivity contribution in [2.24, 2.45) is 0 Å². The molecule has 0 saturated heterocycles. The molecule has 4 heteroatoms. The van der Waals surface area contributed by atoms with Crippen molar-refractivity contribution in [2.45, 2.75) is 40.0 Å². The van der Waals surface area contributed by atoms with E-state index in [2.05, 4.69) is 30.7 Å². The predicted octanol–water partition coefficient (Wildman–Crippen LogP) is 3.24. The molecule has 1 N–H and O–H groups in total. The lowest BCUT2D eigenvalue weighted by molar-refractivity contribution is 0.0698. The Balaban J connectivity index is 2.94. The predicted molar refractivity (Wildman–Crippen MR) is 74.7 cm³/mol. The van der Waals surface area contributed by atoms with Crippen LogP contribution in [-0.2, 0) is 5.41 Å². The van der Waals surface area contributed by atoms with Crippen molar-refractivity contribution in [2.75, 3.05) is 0 Å². The lowest BCUT2D eigenvalue weighted by Gasteiger charge is -2.21. The molecule has 0 bridgehead atoms. The summed E-state index contributed by atoms with van der Waals surface area (Å²) in [5, 5.41) is 9.27. The Hall–Kier alpha value is -1.97. The van der Waals surface area contributed by atoms with E-state index in [1.54, 1.807) is 6.07 Å². The number of carboxylic acid groups (broad SMARTS) is 1. The highest BCUT2D eigenvalue weighted by Gasteiger charge is 2.22. The van der Waals surface area contributed by atoms with E-state index in [9.17, 15) is 9.90 Å². The van der Waals surface area contributed by atoms with Gasteiger partial charge in [0.15, 0.2) is 0 Å². The molecule has 0 unspecified atom stereocenters. The molecular weight excluding hydrogens is 240 g/mol. The Morgan fingerprint density at radius 3 is 2.05 bits per heavy atom. The lowest BCUT2D eigenvalue weighted by atomic mass is 9.85. The highest BCUT2D eigenvalue weighted by Crippen LogP contribution is 2.30. The number of fused-ring (bicyclic) bond motifs is 1. The highest BCUT2D eigenvalue weighted by molar-refractivity contribution is 6.01. The van der Waals surface area contributed by atoms with Crippen LogP contribution in [0.25, 0.3) is 11.0 Å². The maximum atomic E-state index is 11.3. The van der Waals surface area contributed by atoms with Gasteiger partial charge in [-0.05, 0) is 30.9 Å². The second-order valence-corrected chi connectivity index (χ2v) is 5.81. The van der Waals surface area contributed by atoms with Crippen LogP contribution in [0.2, 0.25) is 0 Å². The second kappa shape index (κ2) is 4.30. The summed E-state index contributed by atoms with van der Waals surface area (Å²) in [6, 6.07) is 3.46. The van der Waals surface area contributed by atoms with Gasteiger partial charge in [-0.2, -0.15) is 0 Å². The minimum absolute atomic E-state index is 0.105. The maximum Gasteiger partial charge on any atom is 0.337 e. The summed E-state index contributed by atoms with van der Waals surface area (Å²) in [6.07, 6.45) is 0. The number of aryl methyl sites for hydroxylation is 2. The summed E-state index contributed by atoms with van der Waals surface area (Å²) in [4.78, 5) is 20.3. The van der Waals surface area contributed by atoms with Gasteiger partial charge in [0.05, 0.1) is 22.5 Å². The van der Waals surface area contributed by atoms with Gasteiger partial charge in [-0.1, -0.05) is 26.8 Å². The first-order chi connectivity index (χ1) is 8.71. The topological polar surface area (TPSA) is 63.1 Å². The van der Waals surface area contributed by atoms with E-state index in [0.717, 1.165) is 17.0 Å². The van der Waals surface area contributed by atoms with Gasteiger partial charge in [0.2, 0.25) is 0 Å². The van der Waals surface area contributed by atoms with Gasteiger partial charge in [-0.25, -0.2) is 14.8 Å². The van der Waals surface area contributed by atoms with Crippen LogP contribution >= 0.6 is 0 Å². The standard InChI is InChI=1S/C15H18N2O2/c1-8-9(2)17-13-11(15(3,4)5)7-6-10(14(18)19)12(13)16-8/h6-7H,1-5H3,(H,18,19). The SMILES string of the molecule is Cc1nc2c(C(=O)O)ccc(C(C)(C)C)c2nc1C. The number of carbonyl (C=O) groups is 1. The second-order valence-electron chi connectivity index (χ2n) is 5.81. The molecule has 0 amide bonds. The minimum Gasteiger partial charge on any atom is -0.478 e. The van der Waals surface area contributed by atoms with Crippen LogP contribution in [0.4, 0.5) is 0 Å². The van der Waals surface area contributed by atoms with E-state index in [1.165, 1.54) is 0 Å². The van der Waals surface area contributed by atoms with Crippen LogP contribution in [0.15, 0.2) is 12.1 Å². The van der Waals surface area contributed by atoms with Crippen LogP contribution < -0.4 is 0 Å². The van der Waals surface area contributed by atoms with Crippen molar-refractivity contribution < 1.29 is 9.90 Å². The first kappa shape index (κ1) is 13.5. The summed E-state index contributed by atoms with van der Waals surface area (Å²) >= 11 is 0. The molecule has 0 fully saturated rings. The number of aromatic nitrogens is 2. The zero-order valence-electron chi connectivity index (χ0n) is 11.9. The number of rotatable bonds is 1. The van der Waals surface area contributed by atoms with Gasteiger partial charge < -0.3 is 5.11 Å². The monoisotopic (exact) mass is 258 g/mol. The number of nitrogens with zero attached hydrogens (tertiary/aromatic N) is 2. The van der Waals surface area contributed by atoms with Crippen LogP contribution in [-0.4, -0.2) is 21.0 Å². The van der Waals surface area contributed by atoms with Crippen molar-refractivity contribution >= 4 is 17.0 Å². The van der Waals surface area contributed by atoms with E-state index < -0.39 is 5.97 Å². The van der Waals surface area contributed by atoms with Gasteiger partial charge >= 0.3 is 5.97 Å². The fourth-order valence-electron chi connectivity index (χ4n) is 2.08. The third-order valence-electron chi connectivity index (χ3n) is 3.27. The van der Waals surface area contributed by atoms with Gasteiger partial charge in [0.1, 0.15) is 5.52 Å². The van der Waals surface area contributed by atoms with Crippen LogP contribution in [0, 0.1) is 13.8 Å². The smallest absolute Gasteiger partial charge is 0.337 e. The van der Waals surface area contributed by atoms with E-state index in [4.69, 9.17) is 0 Å². The Kier molecular flexibility index (Phi) is 3.04. The van der Waals surface area contributed by atoms with Gasteiger partial charge in [-0.15, -0.1) is 0 Å². The van der Waals surface area contributed by atoms with E-state index in [1.807, 2.05) is 19.9 Å². The number of hydrogen-bond acceptors (Lipinski definition) is 3. The summed E-state index contributed by atoms with van der Waals surface area (Å²) in [5.74, 6) is -0.969. The third kappa shape index (κ3) is 2.30. The Labute approximate surface area is 112 Å². The van der Waals surface area contributed by atoms with Crippen molar-refractivity contribution in [3.63, 3.8) is 0 Å². The van der Waals surface area contributed by atoms with Crippen LogP contribution in [0.1, 0.15) is 48.1 Å². The first-order valence-corrected chi connectivity index (χ1v) is 6.23. The molecule has 0 aliphatic carbocycles. The molecule has 1 aromatic heterocycles. The van der Waals surface area contributed by atoms with E-state index >= 15 is 0 Å². The minimum atomic E-state index is -0.969. The zero-order chi connectivity index (χ0) is 14.4.